The van der Waals surface area contributed by atoms with Crippen molar-refractivity contribution < 1.29 is 19.2 Å². The summed E-state index contributed by atoms with van der Waals surface area (Å²) in [5, 5.41) is 11.6. The average molecular weight is 422 g/mol. The van der Waals surface area contributed by atoms with E-state index in [1.54, 1.807) is 25.2 Å². The van der Waals surface area contributed by atoms with E-state index in [0.29, 0.717) is 28.5 Å². The van der Waals surface area contributed by atoms with Gasteiger partial charge < -0.3 is 5.32 Å². The Labute approximate surface area is 182 Å². The zero-order valence-corrected chi connectivity index (χ0v) is 17.4. The van der Waals surface area contributed by atoms with Crippen molar-refractivity contribution in [3.63, 3.8) is 0 Å². The van der Waals surface area contributed by atoms with Crippen molar-refractivity contribution in [1.82, 2.24) is 10.6 Å². The Morgan fingerprint density at radius 2 is 1.22 bits per heavy atom. The maximum Gasteiger partial charge on any atom is 0.258 e. The molecule has 0 spiro atoms. The van der Waals surface area contributed by atoms with Crippen molar-refractivity contribution in [3.05, 3.63) is 70.8 Å². The predicted octanol–water partition coefficient (Wildman–Crippen LogP) is 4.10. The lowest BCUT2D eigenvalue weighted by atomic mass is 9.84. The fraction of sp³-hybridized carbons (Fsp3) is 0.0769. The molecule has 6 heteroatoms. The van der Waals surface area contributed by atoms with Crippen LogP contribution in [0.15, 0.2) is 48.5 Å². The number of imide groups is 1. The average Bonchev–Trinajstić information content (AvgIpc) is 2.82. The highest BCUT2D eigenvalue weighted by molar-refractivity contribution is 6.37. The van der Waals surface area contributed by atoms with Gasteiger partial charge in [-0.05, 0) is 62.3 Å². The highest BCUT2D eigenvalue weighted by Crippen LogP contribution is 2.43. The van der Waals surface area contributed by atoms with Gasteiger partial charge in [0, 0.05) is 29.1 Å². The summed E-state index contributed by atoms with van der Waals surface area (Å²) in [7, 11) is 1.56. The second-order valence-electron chi connectivity index (χ2n) is 7.74. The third-order valence-corrected chi connectivity index (χ3v) is 6.18. The van der Waals surface area contributed by atoms with Crippen molar-refractivity contribution in [3.8, 4) is 0 Å². The third kappa shape index (κ3) is 2.53. The number of benzene rings is 5. The lowest BCUT2D eigenvalue weighted by molar-refractivity contribution is -0.108. The maximum absolute atomic E-state index is 12.6. The number of rotatable bonds is 4. The summed E-state index contributed by atoms with van der Waals surface area (Å²) in [6, 6.07) is 14.7. The smallest absolute Gasteiger partial charge is 0.258 e. The Hall–Kier alpha value is -4.32. The summed E-state index contributed by atoms with van der Waals surface area (Å²) in [6.07, 6.45) is 1.15. The summed E-state index contributed by atoms with van der Waals surface area (Å²) in [6.45, 7) is 1.93. The van der Waals surface area contributed by atoms with Gasteiger partial charge in [-0.3, -0.25) is 24.5 Å². The first kappa shape index (κ1) is 19.6. The minimum Gasteiger partial charge on any atom is -0.355 e. The zero-order valence-electron chi connectivity index (χ0n) is 17.4. The monoisotopic (exact) mass is 422 g/mol. The molecule has 0 aliphatic carbocycles. The number of fused-ring (bicyclic) bond motifs is 2. The van der Waals surface area contributed by atoms with E-state index in [1.807, 2.05) is 37.3 Å². The molecule has 2 N–H and O–H groups in total. The van der Waals surface area contributed by atoms with Crippen LogP contribution >= 0.6 is 0 Å². The molecule has 5 aromatic carbocycles. The SMILES string of the molecule is CNC(=O)c1ccc2c3ccc(C(=O)NC=O)c4c(C)ccc(c5ccc(C=O)c1c52)c43. The van der Waals surface area contributed by atoms with Gasteiger partial charge in [0.05, 0.1) is 0 Å². The Morgan fingerprint density at radius 1 is 0.688 bits per heavy atom. The van der Waals surface area contributed by atoms with Crippen LogP contribution in [0.1, 0.15) is 36.6 Å². The molecule has 0 unspecified atom stereocenters. The Kier molecular flexibility index (Phi) is 4.37. The number of nitrogens with one attached hydrogen (secondary N) is 2. The van der Waals surface area contributed by atoms with Crippen LogP contribution in [0.5, 0.6) is 0 Å². The third-order valence-electron chi connectivity index (χ3n) is 6.18. The molecular formula is C26H18N2O4. The molecule has 3 amide bonds. The zero-order chi connectivity index (χ0) is 22.6. The van der Waals surface area contributed by atoms with Crippen LogP contribution in [-0.4, -0.2) is 31.6 Å². The quantitative estimate of drug-likeness (QED) is 0.259. The molecule has 0 saturated carbocycles. The van der Waals surface area contributed by atoms with Crippen LogP contribution in [0, 0.1) is 6.92 Å². The highest BCUT2D eigenvalue weighted by Gasteiger charge is 2.22. The second-order valence-corrected chi connectivity index (χ2v) is 7.74. The summed E-state index contributed by atoms with van der Waals surface area (Å²) in [5.41, 5.74) is 2.20. The van der Waals surface area contributed by atoms with E-state index in [1.165, 1.54) is 0 Å². The largest absolute Gasteiger partial charge is 0.355 e. The van der Waals surface area contributed by atoms with Gasteiger partial charge in [0.15, 0.2) is 6.29 Å². The number of aldehydes is 1. The number of carbonyl (C=O) groups excluding carboxylic acids is 4. The number of carbonyl (C=O) groups is 4. The van der Waals surface area contributed by atoms with E-state index < -0.39 is 5.91 Å². The summed E-state index contributed by atoms with van der Waals surface area (Å²) in [4.78, 5) is 47.9. The van der Waals surface area contributed by atoms with Gasteiger partial charge in [0.1, 0.15) is 0 Å². The number of amides is 3. The lowest BCUT2D eigenvalue weighted by Crippen LogP contribution is -2.21. The molecule has 5 rings (SSSR count). The summed E-state index contributed by atoms with van der Waals surface area (Å²) in [5.74, 6) is -0.730. The van der Waals surface area contributed by atoms with E-state index in [0.717, 1.165) is 49.6 Å². The van der Waals surface area contributed by atoms with Gasteiger partial charge in [0.25, 0.3) is 11.8 Å². The van der Waals surface area contributed by atoms with Gasteiger partial charge >= 0.3 is 0 Å². The summed E-state index contributed by atoms with van der Waals surface area (Å²) >= 11 is 0. The van der Waals surface area contributed by atoms with E-state index in [-0.39, 0.29) is 5.91 Å². The van der Waals surface area contributed by atoms with E-state index in [4.69, 9.17) is 0 Å². The van der Waals surface area contributed by atoms with Crippen molar-refractivity contribution in [2.24, 2.45) is 0 Å². The second kappa shape index (κ2) is 7.13. The van der Waals surface area contributed by atoms with Crippen molar-refractivity contribution >= 4 is 67.6 Å². The first-order valence-corrected chi connectivity index (χ1v) is 10.1. The molecule has 0 aliphatic heterocycles. The molecule has 156 valence electrons. The molecule has 0 heterocycles. The van der Waals surface area contributed by atoms with Crippen molar-refractivity contribution in [1.29, 1.82) is 0 Å². The molecule has 0 saturated heterocycles. The van der Waals surface area contributed by atoms with Crippen LogP contribution < -0.4 is 10.6 Å². The fourth-order valence-electron chi connectivity index (χ4n) is 4.83. The highest BCUT2D eigenvalue weighted by atomic mass is 16.2. The van der Waals surface area contributed by atoms with Gasteiger partial charge in [0.2, 0.25) is 6.41 Å². The van der Waals surface area contributed by atoms with Crippen LogP contribution in [-0.2, 0) is 4.79 Å². The van der Waals surface area contributed by atoms with Crippen LogP contribution in [0.25, 0.3) is 43.1 Å². The molecular weight excluding hydrogens is 404 g/mol. The molecule has 0 fully saturated rings. The standard InChI is InChI=1S/C26H18N2O4/c1-13-3-5-15-16-6-4-14(11-29)22-20(25(31)27-2)10-8-18(24(16)22)17-7-9-19(21(13)23(15)17)26(32)28-12-30/h3-12H,1-2H3,(H,27,31)(H,28,30,32). The predicted molar refractivity (Wildman–Crippen MR) is 125 cm³/mol. The fourth-order valence-corrected chi connectivity index (χ4v) is 4.83. The van der Waals surface area contributed by atoms with Gasteiger partial charge in [-0.25, -0.2) is 0 Å². The minimum absolute atomic E-state index is 0.266. The molecule has 32 heavy (non-hydrogen) atoms. The van der Waals surface area contributed by atoms with Crippen LogP contribution in [0.4, 0.5) is 0 Å². The first-order valence-electron chi connectivity index (χ1n) is 10.1. The molecule has 6 nitrogen and oxygen atoms in total. The normalized spacial score (nSPS) is 11.3. The maximum atomic E-state index is 12.6. The number of hydrogen-bond acceptors (Lipinski definition) is 4. The number of hydrogen-bond donors (Lipinski definition) is 2. The molecule has 0 bridgehead atoms. The Balaban J connectivity index is 2.07. The number of aryl methyl sites for hydroxylation is 1. The summed E-state index contributed by atoms with van der Waals surface area (Å²) < 4.78 is 0. The van der Waals surface area contributed by atoms with E-state index in [2.05, 4.69) is 10.6 Å². The van der Waals surface area contributed by atoms with Gasteiger partial charge in [-0.1, -0.05) is 36.4 Å². The Morgan fingerprint density at radius 3 is 1.78 bits per heavy atom. The van der Waals surface area contributed by atoms with Crippen molar-refractivity contribution in [2.45, 2.75) is 6.92 Å². The molecule has 0 atom stereocenters. The minimum atomic E-state index is -0.464. The first-order chi connectivity index (χ1) is 15.5. The Bertz CT molecular complexity index is 1600. The van der Waals surface area contributed by atoms with E-state index in [9.17, 15) is 19.2 Å². The van der Waals surface area contributed by atoms with Crippen LogP contribution in [0.2, 0.25) is 0 Å². The molecule has 0 radical (unpaired) electrons. The molecule has 5 aromatic rings. The van der Waals surface area contributed by atoms with E-state index >= 15 is 0 Å². The topological polar surface area (TPSA) is 92.3 Å². The van der Waals surface area contributed by atoms with Gasteiger partial charge in [-0.15, -0.1) is 0 Å². The molecule has 0 aliphatic rings. The van der Waals surface area contributed by atoms with Crippen LogP contribution in [0.3, 0.4) is 0 Å². The molecule has 0 aromatic heterocycles. The van der Waals surface area contributed by atoms with Crippen molar-refractivity contribution in [2.75, 3.05) is 7.05 Å². The van der Waals surface area contributed by atoms with Gasteiger partial charge in [-0.2, -0.15) is 0 Å². The lowest BCUT2D eigenvalue weighted by Gasteiger charge is -2.19.